The topological polar surface area (TPSA) is 49.7 Å². The number of phenols is 2. The van der Waals surface area contributed by atoms with Crippen LogP contribution in [0.3, 0.4) is 0 Å². The Hall–Kier alpha value is -1.38. The van der Waals surface area contributed by atoms with Crippen molar-refractivity contribution in [1.29, 1.82) is 0 Å². The maximum absolute atomic E-state index is 9.95. The highest BCUT2D eigenvalue weighted by molar-refractivity contribution is 5.57. The molecular formula is C15H24O3. The summed E-state index contributed by atoms with van der Waals surface area (Å²) < 4.78 is 5.63. The summed E-state index contributed by atoms with van der Waals surface area (Å²) in [6.07, 6.45) is 4.63. The molecule has 0 bridgehead atoms. The number of rotatable bonds is 7. The number of benzene rings is 1. The summed E-state index contributed by atoms with van der Waals surface area (Å²) in [6, 6.07) is 1.67. The average Bonchev–Trinajstić information content (AvgIpc) is 2.35. The number of hydrogen-bond donors (Lipinski definition) is 2. The molecule has 0 fully saturated rings. The molecule has 0 saturated carbocycles. The molecule has 0 aliphatic heterocycles. The van der Waals surface area contributed by atoms with Crippen molar-refractivity contribution in [2.45, 2.75) is 52.9 Å². The van der Waals surface area contributed by atoms with Crippen molar-refractivity contribution < 1.29 is 14.9 Å². The lowest BCUT2D eigenvalue weighted by atomic mass is 9.97. The standard InChI is InChI=1S/C15H24O3/c1-4-7-11-10-13(16)14(17)15(18-9-6-3)12(11)8-5-2/h10,16-17H,4-9H2,1-3H3. The first kappa shape index (κ1) is 14.7. The van der Waals surface area contributed by atoms with Gasteiger partial charge in [0.15, 0.2) is 11.5 Å². The minimum Gasteiger partial charge on any atom is -0.504 e. The van der Waals surface area contributed by atoms with Gasteiger partial charge in [-0.05, 0) is 30.9 Å². The van der Waals surface area contributed by atoms with Gasteiger partial charge in [0.25, 0.3) is 0 Å². The average molecular weight is 252 g/mol. The maximum Gasteiger partial charge on any atom is 0.200 e. The van der Waals surface area contributed by atoms with Gasteiger partial charge in [0, 0.05) is 5.56 Å². The normalized spacial score (nSPS) is 10.6. The van der Waals surface area contributed by atoms with Crippen LogP contribution in [0.25, 0.3) is 0 Å². The summed E-state index contributed by atoms with van der Waals surface area (Å²) in [6.45, 7) is 6.78. The Bertz CT molecular complexity index is 386. The molecule has 1 aromatic carbocycles. The summed E-state index contributed by atoms with van der Waals surface area (Å²) >= 11 is 0. The lowest BCUT2D eigenvalue weighted by Gasteiger charge is -2.17. The molecule has 0 radical (unpaired) electrons. The van der Waals surface area contributed by atoms with Crippen LogP contribution in [0.2, 0.25) is 0 Å². The van der Waals surface area contributed by atoms with Gasteiger partial charge in [-0.2, -0.15) is 0 Å². The number of ether oxygens (including phenoxy) is 1. The van der Waals surface area contributed by atoms with E-state index in [2.05, 4.69) is 13.8 Å². The van der Waals surface area contributed by atoms with Crippen LogP contribution in [0.15, 0.2) is 6.07 Å². The first-order chi connectivity index (χ1) is 8.65. The van der Waals surface area contributed by atoms with Crippen molar-refractivity contribution in [2.75, 3.05) is 6.61 Å². The molecule has 3 nitrogen and oxygen atoms in total. The van der Waals surface area contributed by atoms with E-state index in [9.17, 15) is 10.2 Å². The van der Waals surface area contributed by atoms with Crippen molar-refractivity contribution >= 4 is 0 Å². The van der Waals surface area contributed by atoms with Crippen LogP contribution in [0.5, 0.6) is 17.2 Å². The predicted octanol–water partition coefficient (Wildman–Crippen LogP) is 3.79. The molecule has 0 heterocycles. The van der Waals surface area contributed by atoms with Crippen LogP contribution in [-0.2, 0) is 12.8 Å². The highest BCUT2D eigenvalue weighted by Gasteiger charge is 2.17. The molecule has 0 spiro atoms. The van der Waals surface area contributed by atoms with E-state index in [1.54, 1.807) is 6.07 Å². The number of aromatic hydroxyl groups is 2. The van der Waals surface area contributed by atoms with Crippen molar-refractivity contribution in [3.63, 3.8) is 0 Å². The highest BCUT2D eigenvalue weighted by Crippen LogP contribution is 2.41. The first-order valence-corrected chi connectivity index (χ1v) is 6.85. The minimum atomic E-state index is -0.119. The molecule has 0 amide bonds. The fourth-order valence-corrected chi connectivity index (χ4v) is 2.10. The minimum absolute atomic E-state index is 0.0793. The second-order valence-corrected chi connectivity index (χ2v) is 4.56. The Morgan fingerprint density at radius 1 is 1.00 bits per heavy atom. The zero-order valence-electron chi connectivity index (χ0n) is 11.6. The Morgan fingerprint density at radius 2 is 1.67 bits per heavy atom. The second kappa shape index (κ2) is 7.14. The summed E-state index contributed by atoms with van der Waals surface area (Å²) in [5, 5.41) is 19.7. The molecule has 1 aromatic rings. The fraction of sp³-hybridized carbons (Fsp3) is 0.600. The third-order valence-corrected chi connectivity index (χ3v) is 2.90. The summed E-state index contributed by atoms with van der Waals surface area (Å²) in [7, 11) is 0. The van der Waals surface area contributed by atoms with Gasteiger partial charge in [-0.25, -0.2) is 0 Å². The van der Waals surface area contributed by atoms with Gasteiger partial charge >= 0.3 is 0 Å². The molecule has 0 saturated heterocycles. The van der Waals surface area contributed by atoms with Gasteiger partial charge in [-0.3, -0.25) is 0 Å². The van der Waals surface area contributed by atoms with Crippen LogP contribution >= 0.6 is 0 Å². The quantitative estimate of drug-likeness (QED) is 0.726. The zero-order valence-corrected chi connectivity index (χ0v) is 11.6. The molecule has 1 rings (SSSR count). The monoisotopic (exact) mass is 252 g/mol. The number of hydrogen-bond acceptors (Lipinski definition) is 3. The molecule has 18 heavy (non-hydrogen) atoms. The highest BCUT2D eigenvalue weighted by atomic mass is 16.5. The first-order valence-electron chi connectivity index (χ1n) is 6.85. The van der Waals surface area contributed by atoms with E-state index in [-0.39, 0.29) is 11.5 Å². The lowest BCUT2D eigenvalue weighted by Crippen LogP contribution is -2.03. The van der Waals surface area contributed by atoms with E-state index >= 15 is 0 Å². The van der Waals surface area contributed by atoms with Crippen LogP contribution in [-0.4, -0.2) is 16.8 Å². The molecule has 0 aromatic heterocycles. The van der Waals surface area contributed by atoms with E-state index in [1.165, 1.54) is 0 Å². The molecule has 102 valence electrons. The Balaban J connectivity index is 3.22. The van der Waals surface area contributed by atoms with Crippen molar-refractivity contribution in [2.24, 2.45) is 0 Å². The molecule has 2 N–H and O–H groups in total. The van der Waals surface area contributed by atoms with Gasteiger partial charge in [-0.1, -0.05) is 33.6 Å². The summed E-state index contributed by atoms with van der Waals surface area (Å²) in [4.78, 5) is 0. The van der Waals surface area contributed by atoms with Crippen LogP contribution in [0, 0.1) is 0 Å². The molecule has 0 aliphatic carbocycles. The van der Waals surface area contributed by atoms with Gasteiger partial charge in [0.1, 0.15) is 0 Å². The second-order valence-electron chi connectivity index (χ2n) is 4.56. The van der Waals surface area contributed by atoms with Gasteiger partial charge < -0.3 is 14.9 Å². The van der Waals surface area contributed by atoms with Crippen LogP contribution in [0.1, 0.15) is 51.2 Å². The molecule has 0 aliphatic rings. The van der Waals surface area contributed by atoms with Crippen LogP contribution < -0.4 is 4.74 Å². The molecule has 3 heteroatoms. The van der Waals surface area contributed by atoms with Crippen molar-refractivity contribution in [3.05, 3.63) is 17.2 Å². The number of aryl methyl sites for hydroxylation is 1. The van der Waals surface area contributed by atoms with E-state index in [0.717, 1.165) is 43.2 Å². The largest absolute Gasteiger partial charge is 0.504 e. The summed E-state index contributed by atoms with van der Waals surface area (Å²) in [5.41, 5.74) is 2.13. The van der Waals surface area contributed by atoms with Gasteiger partial charge in [-0.15, -0.1) is 0 Å². The Labute approximate surface area is 109 Å². The van der Waals surface area contributed by atoms with Gasteiger partial charge in [0.05, 0.1) is 6.61 Å². The van der Waals surface area contributed by atoms with E-state index in [1.807, 2.05) is 6.92 Å². The predicted molar refractivity (Wildman–Crippen MR) is 73.5 cm³/mol. The van der Waals surface area contributed by atoms with E-state index in [4.69, 9.17) is 4.74 Å². The molecule has 0 unspecified atom stereocenters. The van der Waals surface area contributed by atoms with Crippen molar-refractivity contribution in [1.82, 2.24) is 0 Å². The lowest BCUT2D eigenvalue weighted by molar-refractivity contribution is 0.288. The third-order valence-electron chi connectivity index (χ3n) is 2.90. The molecular weight excluding hydrogens is 228 g/mol. The Kier molecular flexibility index (Phi) is 5.83. The SMILES string of the molecule is CCCOc1c(O)c(O)cc(CCC)c1CCC. The maximum atomic E-state index is 9.95. The zero-order chi connectivity index (χ0) is 13.5. The molecule has 0 atom stereocenters. The number of phenolic OH excluding ortho intramolecular Hbond substituents is 2. The summed E-state index contributed by atoms with van der Waals surface area (Å²) in [5.74, 6) is 0.276. The van der Waals surface area contributed by atoms with Crippen LogP contribution in [0.4, 0.5) is 0 Å². The fourth-order valence-electron chi connectivity index (χ4n) is 2.10. The Morgan fingerprint density at radius 3 is 2.22 bits per heavy atom. The van der Waals surface area contributed by atoms with Gasteiger partial charge in [0.2, 0.25) is 5.75 Å². The van der Waals surface area contributed by atoms with E-state index < -0.39 is 0 Å². The van der Waals surface area contributed by atoms with Crippen molar-refractivity contribution in [3.8, 4) is 17.2 Å². The third kappa shape index (κ3) is 3.31. The smallest absolute Gasteiger partial charge is 0.200 e. The van der Waals surface area contributed by atoms with E-state index in [0.29, 0.717) is 12.4 Å².